The van der Waals surface area contributed by atoms with Crippen molar-refractivity contribution in [1.29, 1.82) is 0 Å². The Kier molecular flexibility index (Phi) is 8.74. The molecule has 0 aromatic heterocycles. The highest BCUT2D eigenvalue weighted by molar-refractivity contribution is 9.10. The maximum atomic E-state index is 13.6. The van der Waals surface area contributed by atoms with Crippen LogP contribution in [0.25, 0.3) is 6.08 Å². The minimum absolute atomic E-state index is 0.0435. The van der Waals surface area contributed by atoms with E-state index in [0.29, 0.717) is 32.7 Å². The van der Waals surface area contributed by atoms with Gasteiger partial charge in [0.05, 0.1) is 21.7 Å². The van der Waals surface area contributed by atoms with Crippen LogP contribution in [0.1, 0.15) is 50.2 Å². The van der Waals surface area contributed by atoms with Gasteiger partial charge in [-0.25, -0.2) is 9.79 Å². The number of hydrogen-bond donors (Lipinski definition) is 1. The van der Waals surface area contributed by atoms with E-state index in [9.17, 15) is 9.59 Å². The molecule has 0 radical (unpaired) electrons. The maximum absolute atomic E-state index is 13.6. The standard InChI is InChI=1S/C27H29BrN2O5S/c1-3-34-22-14-18(13-21(28)25(22)35-16-24(31)32)15-23-26(33)30(20-7-5-4-6-8-20)27(36-23)29-19-11-9-17(2)10-12-19/h9-15,20H,3-8,16H2,1-2H3,(H,31,32)/b23-15+,29-27?. The van der Waals surface area contributed by atoms with Gasteiger partial charge in [-0.15, -0.1) is 0 Å². The molecule has 0 bridgehead atoms. The van der Waals surface area contributed by atoms with Crippen molar-refractivity contribution in [3.05, 3.63) is 56.9 Å². The smallest absolute Gasteiger partial charge is 0.341 e. The Labute approximate surface area is 223 Å². The van der Waals surface area contributed by atoms with Crippen LogP contribution < -0.4 is 9.47 Å². The molecule has 2 fully saturated rings. The molecule has 1 N–H and O–H groups in total. The van der Waals surface area contributed by atoms with Crippen LogP contribution in [0.4, 0.5) is 5.69 Å². The molecule has 1 heterocycles. The second kappa shape index (κ2) is 12.0. The Morgan fingerprint density at radius 3 is 2.58 bits per heavy atom. The van der Waals surface area contributed by atoms with E-state index in [1.54, 1.807) is 12.1 Å². The van der Waals surface area contributed by atoms with E-state index < -0.39 is 12.6 Å². The Balaban J connectivity index is 1.69. The molecule has 0 atom stereocenters. The monoisotopic (exact) mass is 572 g/mol. The van der Waals surface area contributed by atoms with Gasteiger partial charge in [-0.2, -0.15) is 0 Å². The number of rotatable bonds is 8. The minimum Gasteiger partial charge on any atom is -0.490 e. The molecule has 4 rings (SSSR count). The van der Waals surface area contributed by atoms with Gasteiger partial charge >= 0.3 is 5.97 Å². The first kappa shape index (κ1) is 26.3. The lowest BCUT2D eigenvalue weighted by atomic mass is 9.94. The second-order valence-electron chi connectivity index (χ2n) is 8.75. The van der Waals surface area contributed by atoms with E-state index in [4.69, 9.17) is 19.6 Å². The molecule has 190 valence electrons. The topological polar surface area (TPSA) is 88.4 Å². The maximum Gasteiger partial charge on any atom is 0.341 e. The Bertz CT molecular complexity index is 1190. The highest BCUT2D eigenvalue weighted by Gasteiger charge is 2.38. The second-order valence-corrected chi connectivity index (χ2v) is 10.6. The fourth-order valence-electron chi connectivity index (χ4n) is 4.32. The predicted octanol–water partition coefficient (Wildman–Crippen LogP) is 6.56. The zero-order valence-electron chi connectivity index (χ0n) is 20.3. The van der Waals surface area contributed by atoms with Crippen LogP contribution in [0.15, 0.2) is 50.8 Å². The third kappa shape index (κ3) is 6.31. The molecule has 2 aromatic carbocycles. The summed E-state index contributed by atoms with van der Waals surface area (Å²) < 4.78 is 11.7. The summed E-state index contributed by atoms with van der Waals surface area (Å²) in [6.45, 7) is 3.77. The number of carboxylic acid groups (broad SMARTS) is 1. The largest absolute Gasteiger partial charge is 0.490 e. The van der Waals surface area contributed by atoms with Crippen molar-refractivity contribution in [2.24, 2.45) is 4.99 Å². The van der Waals surface area contributed by atoms with Gasteiger partial charge in [-0.1, -0.05) is 37.0 Å². The van der Waals surface area contributed by atoms with Crippen molar-refractivity contribution >= 4 is 56.5 Å². The molecule has 1 saturated heterocycles. The average Bonchev–Trinajstić information content (AvgIpc) is 3.15. The van der Waals surface area contributed by atoms with Crippen molar-refractivity contribution < 1.29 is 24.2 Å². The zero-order chi connectivity index (χ0) is 25.7. The van der Waals surface area contributed by atoms with Crippen molar-refractivity contribution in [1.82, 2.24) is 4.90 Å². The Morgan fingerprint density at radius 1 is 1.19 bits per heavy atom. The van der Waals surface area contributed by atoms with Crippen LogP contribution in [0.2, 0.25) is 0 Å². The molecular formula is C27H29BrN2O5S. The Morgan fingerprint density at radius 2 is 1.92 bits per heavy atom. The number of carbonyl (C=O) groups excluding carboxylic acids is 1. The van der Waals surface area contributed by atoms with E-state index in [2.05, 4.69) is 15.9 Å². The van der Waals surface area contributed by atoms with Gasteiger partial charge < -0.3 is 14.6 Å². The SMILES string of the molecule is CCOc1cc(/C=C2/SC(=Nc3ccc(C)cc3)N(C3CCCCC3)C2=O)cc(Br)c1OCC(=O)O. The van der Waals surface area contributed by atoms with Crippen molar-refractivity contribution in [2.75, 3.05) is 13.2 Å². The first-order valence-electron chi connectivity index (χ1n) is 12.0. The molecule has 36 heavy (non-hydrogen) atoms. The van der Waals surface area contributed by atoms with E-state index in [1.807, 2.05) is 49.1 Å². The number of thioether (sulfide) groups is 1. The highest BCUT2D eigenvalue weighted by Crippen LogP contribution is 2.41. The van der Waals surface area contributed by atoms with Crippen molar-refractivity contribution in [3.63, 3.8) is 0 Å². The van der Waals surface area contributed by atoms with Gasteiger partial charge in [0.15, 0.2) is 23.3 Å². The Hall–Kier alpha value is -2.78. The number of ether oxygens (including phenoxy) is 2. The summed E-state index contributed by atoms with van der Waals surface area (Å²) in [6.07, 6.45) is 7.19. The molecule has 2 aliphatic rings. The van der Waals surface area contributed by atoms with Crippen LogP contribution in [0.5, 0.6) is 11.5 Å². The summed E-state index contributed by atoms with van der Waals surface area (Å²) in [6, 6.07) is 11.7. The summed E-state index contributed by atoms with van der Waals surface area (Å²) in [4.78, 5) is 31.9. The number of amidine groups is 1. The third-order valence-electron chi connectivity index (χ3n) is 6.00. The van der Waals surface area contributed by atoms with Gasteiger partial charge in [-0.3, -0.25) is 9.69 Å². The number of hydrogen-bond acceptors (Lipinski definition) is 6. The number of amides is 1. The van der Waals surface area contributed by atoms with Crippen LogP contribution in [-0.4, -0.2) is 46.3 Å². The lowest BCUT2D eigenvalue weighted by Gasteiger charge is -2.30. The first-order chi connectivity index (χ1) is 17.4. The lowest BCUT2D eigenvalue weighted by molar-refractivity contribution is -0.139. The molecule has 1 saturated carbocycles. The highest BCUT2D eigenvalue weighted by atomic mass is 79.9. The zero-order valence-corrected chi connectivity index (χ0v) is 22.7. The number of aliphatic carboxylic acids is 1. The first-order valence-corrected chi connectivity index (χ1v) is 13.7. The van der Waals surface area contributed by atoms with E-state index in [0.717, 1.165) is 42.5 Å². The molecule has 1 aliphatic carbocycles. The van der Waals surface area contributed by atoms with Crippen LogP contribution in [0.3, 0.4) is 0 Å². The average molecular weight is 574 g/mol. The summed E-state index contributed by atoms with van der Waals surface area (Å²) in [7, 11) is 0. The van der Waals surface area contributed by atoms with E-state index in [1.165, 1.54) is 18.2 Å². The minimum atomic E-state index is -1.08. The number of halogens is 1. The number of aryl methyl sites for hydroxylation is 1. The quantitative estimate of drug-likeness (QED) is 0.360. The number of benzene rings is 2. The van der Waals surface area contributed by atoms with Crippen LogP contribution in [0, 0.1) is 6.92 Å². The fraction of sp³-hybridized carbons (Fsp3) is 0.370. The van der Waals surface area contributed by atoms with Gasteiger partial charge in [-0.05, 0) is 90.3 Å². The predicted molar refractivity (Wildman–Crippen MR) is 146 cm³/mol. The number of aliphatic imine (C=N–C) groups is 1. The third-order valence-corrected chi connectivity index (χ3v) is 7.58. The molecule has 7 nitrogen and oxygen atoms in total. The van der Waals surface area contributed by atoms with Crippen LogP contribution >= 0.6 is 27.7 Å². The number of carboxylic acids is 1. The van der Waals surface area contributed by atoms with Crippen molar-refractivity contribution in [2.45, 2.75) is 52.0 Å². The summed E-state index contributed by atoms with van der Waals surface area (Å²) in [5.74, 6) is -0.393. The molecule has 1 aliphatic heterocycles. The molecule has 2 aromatic rings. The fourth-order valence-corrected chi connectivity index (χ4v) is 5.95. The van der Waals surface area contributed by atoms with Gasteiger partial charge in [0, 0.05) is 6.04 Å². The number of nitrogens with zero attached hydrogens (tertiary/aromatic N) is 2. The van der Waals surface area contributed by atoms with Crippen molar-refractivity contribution in [3.8, 4) is 11.5 Å². The van der Waals surface area contributed by atoms with Crippen LogP contribution in [-0.2, 0) is 9.59 Å². The van der Waals surface area contributed by atoms with E-state index in [-0.39, 0.29) is 11.9 Å². The number of carbonyl (C=O) groups is 2. The summed E-state index contributed by atoms with van der Waals surface area (Å²) >= 11 is 4.85. The molecule has 0 spiro atoms. The molecular weight excluding hydrogens is 544 g/mol. The molecule has 1 amide bonds. The van der Waals surface area contributed by atoms with Gasteiger partial charge in [0.25, 0.3) is 5.91 Å². The summed E-state index contributed by atoms with van der Waals surface area (Å²) in [5, 5.41) is 9.69. The van der Waals surface area contributed by atoms with Gasteiger partial charge in [0.2, 0.25) is 0 Å². The molecule has 9 heteroatoms. The normalized spacial score (nSPS) is 18.8. The summed E-state index contributed by atoms with van der Waals surface area (Å²) in [5.41, 5.74) is 2.72. The molecule has 0 unspecified atom stereocenters. The van der Waals surface area contributed by atoms with E-state index >= 15 is 0 Å². The lowest BCUT2D eigenvalue weighted by Crippen LogP contribution is -2.40. The van der Waals surface area contributed by atoms with Gasteiger partial charge in [0.1, 0.15) is 0 Å².